The first-order valence-corrected chi connectivity index (χ1v) is 14.7. The zero-order chi connectivity index (χ0) is 31.6. The first kappa shape index (κ1) is 28.5. The molecule has 4 unspecified atom stereocenters. The smallest absolute Gasteiger partial charge is 0.339 e. The number of anilines is 1. The summed E-state index contributed by atoms with van der Waals surface area (Å²) in [5.74, 6) is -2.16. The van der Waals surface area contributed by atoms with E-state index < -0.39 is 23.3 Å². The van der Waals surface area contributed by atoms with E-state index in [-0.39, 0.29) is 52.3 Å². The number of rotatable bonds is 7. The van der Waals surface area contributed by atoms with Gasteiger partial charge in [-0.1, -0.05) is 60.2 Å². The highest BCUT2D eigenvalue weighted by atomic mass is 35.5. The van der Waals surface area contributed by atoms with E-state index in [1.807, 2.05) is 12.2 Å². The molecule has 2 bridgehead atoms. The maximum absolute atomic E-state index is 13.3. The monoisotopic (exact) mass is 621 g/mol. The van der Waals surface area contributed by atoms with Crippen LogP contribution in [-0.4, -0.2) is 40.1 Å². The number of hydrogen-bond acceptors (Lipinski definition) is 8. The number of esters is 1. The summed E-state index contributed by atoms with van der Waals surface area (Å²) in [7, 11) is 0. The SMILES string of the molecule is Cc1ccc(C(=O)COC(=O)c2cc(-c3ccc(N4C(=O)C5C6C=CC(C6)C5C4=O)cc3)nc3c(Cl)cccc23)cc1[N+](=O)[O-]. The number of Topliss-reactive ketones (excluding diaryl/α,β-unsaturated/α-hetero) is 1. The van der Waals surface area contributed by atoms with Gasteiger partial charge in [0.05, 0.1) is 44.2 Å². The summed E-state index contributed by atoms with van der Waals surface area (Å²) in [6, 6.07) is 17.3. The van der Waals surface area contributed by atoms with Crippen LogP contribution < -0.4 is 4.90 Å². The summed E-state index contributed by atoms with van der Waals surface area (Å²) in [5, 5.41) is 12.0. The van der Waals surface area contributed by atoms with Crippen molar-refractivity contribution in [3.05, 3.63) is 111 Å². The molecule has 0 N–H and O–H groups in total. The van der Waals surface area contributed by atoms with E-state index in [0.717, 1.165) is 12.5 Å². The molecular weight excluding hydrogens is 598 g/mol. The lowest BCUT2D eigenvalue weighted by Gasteiger charge is -2.18. The first-order chi connectivity index (χ1) is 21.6. The van der Waals surface area contributed by atoms with E-state index in [2.05, 4.69) is 4.98 Å². The van der Waals surface area contributed by atoms with Crippen LogP contribution in [0.4, 0.5) is 11.4 Å². The van der Waals surface area contributed by atoms with Gasteiger partial charge in [0.1, 0.15) is 0 Å². The number of ether oxygens (including phenoxy) is 1. The third-order valence-corrected chi connectivity index (χ3v) is 9.27. The van der Waals surface area contributed by atoms with Crippen molar-refractivity contribution < 1.29 is 28.8 Å². The molecule has 1 saturated carbocycles. The number of allylic oxidation sites excluding steroid dienone is 2. The predicted molar refractivity (Wildman–Crippen MR) is 165 cm³/mol. The van der Waals surface area contributed by atoms with Gasteiger partial charge in [0.25, 0.3) is 5.69 Å². The molecule has 4 atom stereocenters. The van der Waals surface area contributed by atoms with E-state index in [1.54, 1.807) is 49.4 Å². The summed E-state index contributed by atoms with van der Waals surface area (Å²) in [6.07, 6.45) is 4.95. The van der Waals surface area contributed by atoms with Crippen LogP contribution >= 0.6 is 11.6 Å². The molecule has 4 aromatic rings. The van der Waals surface area contributed by atoms with Gasteiger partial charge in [-0.2, -0.15) is 0 Å². The van der Waals surface area contributed by atoms with Crippen LogP contribution in [0.15, 0.2) is 78.9 Å². The number of nitro benzene ring substituents is 1. The van der Waals surface area contributed by atoms with Crippen molar-refractivity contribution in [1.82, 2.24) is 4.98 Å². The first-order valence-electron chi connectivity index (χ1n) is 14.3. The van der Waals surface area contributed by atoms with E-state index in [9.17, 15) is 29.3 Å². The third-order valence-electron chi connectivity index (χ3n) is 8.96. The Morgan fingerprint density at radius 1 is 1.00 bits per heavy atom. The molecule has 224 valence electrons. The Labute approximate surface area is 261 Å². The number of benzene rings is 3. The summed E-state index contributed by atoms with van der Waals surface area (Å²) in [6.45, 7) is 0.929. The van der Waals surface area contributed by atoms with Crippen LogP contribution in [-0.2, 0) is 14.3 Å². The molecule has 1 aliphatic heterocycles. The number of carbonyl (C=O) groups is 4. The van der Waals surface area contributed by atoms with Crippen molar-refractivity contribution >= 4 is 57.4 Å². The Hall–Kier alpha value is -5.22. The molecule has 0 radical (unpaired) electrons. The van der Waals surface area contributed by atoms with Crippen LogP contribution in [0.25, 0.3) is 22.2 Å². The molecule has 2 amide bonds. The molecule has 10 nitrogen and oxygen atoms in total. The number of nitro groups is 1. The van der Waals surface area contributed by atoms with Gasteiger partial charge < -0.3 is 4.74 Å². The maximum atomic E-state index is 13.3. The minimum atomic E-state index is -0.805. The van der Waals surface area contributed by atoms with Gasteiger partial charge in [-0.15, -0.1) is 0 Å². The zero-order valence-corrected chi connectivity index (χ0v) is 24.6. The van der Waals surface area contributed by atoms with Gasteiger partial charge in [0.15, 0.2) is 6.61 Å². The minimum Gasteiger partial charge on any atom is -0.454 e. The quantitative estimate of drug-likeness (QED) is 0.0601. The standard InChI is InChI=1S/C34H24ClN3O7/c1-17-5-6-19(14-27(17)38(43)44)28(39)16-45-34(42)24-15-26(36-31-23(24)3-2-4-25(31)35)18-9-11-22(12-10-18)37-32(40)29-20-7-8-21(13-20)30(29)33(37)41/h2-12,14-15,20-21,29-30H,13,16H2,1H3. The van der Waals surface area contributed by atoms with E-state index >= 15 is 0 Å². The number of nitrogens with zero attached hydrogens (tertiary/aromatic N) is 3. The number of carbonyl (C=O) groups excluding carboxylic acids is 4. The molecule has 0 spiro atoms. The second-order valence-corrected chi connectivity index (χ2v) is 11.9. The number of imide groups is 1. The summed E-state index contributed by atoms with van der Waals surface area (Å²) < 4.78 is 5.37. The average molecular weight is 622 g/mol. The molecule has 3 aliphatic rings. The Morgan fingerprint density at radius 2 is 1.69 bits per heavy atom. The number of pyridine rings is 1. The number of aromatic nitrogens is 1. The molecule has 1 aromatic heterocycles. The molecule has 2 heterocycles. The van der Waals surface area contributed by atoms with Crippen molar-refractivity contribution in [2.75, 3.05) is 11.5 Å². The molecule has 11 heteroatoms. The van der Waals surface area contributed by atoms with Crippen LogP contribution in [0.2, 0.25) is 5.02 Å². The number of fused-ring (bicyclic) bond motifs is 6. The van der Waals surface area contributed by atoms with Crippen molar-refractivity contribution in [1.29, 1.82) is 0 Å². The fourth-order valence-corrected chi connectivity index (χ4v) is 6.96. The summed E-state index contributed by atoms with van der Waals surface area (Å²) in [4.78, 5) is 69.3. The summed E-state index contributed by atoms with van der Waals surface area (Å²) in [5.41, 5.74) is 2.15. The lowest BCUT2D eigenvalue weighted by molar-refractivity contribution is -0.385. The lowest BCUT2D eigenvalue weighted by Crippen LogP contribution is -2.32. The van der Waals surface area contributed by atoms with Gasteiger partial charge in [-0.05, 0) is 49.4 Å². The fourth-order valence-electron chi connectivity index (χ4n) is 6.74. The van der Waals surface area contributed by atoms with Crippen LogP contribution in [0.1, 0.15) is 32.7 Å². The second-order valence-electron chi connectivity index (χ2n) is 11.5. The fraction of sp³-hybridized carbons (Fsp3) is 0.206. The Balaban J connectivity index is 1.15. The topological polar surface area (TPSA) is 137 Å². The van der Waals surface area contributed by atoms with Gasteiger partial charge >= 0.3 is 5.97 Å². The van der Waals surface area contributed by atoms with Gasteiger partial charge in [-0.25, -0.2) is 9.78 Å². The number of para-hydroxylation sites is 1. The lowest BCUT2D eigenvalue weighted by atomic mass is 9.85. The zero-order valence-electron chi connectivity index (χ0n) is 23.8. The summed E-state index contributed by atoms with van der Waals surface area (Å²) >= 11 is 6.46. The van der Waals surface area contributed by atoms with Crippen molar-refractivity contribution in [3.63, 3.8) is 0 Å². The highest BCUT2D eigenvalue weighted by molar-refractivity contribution is 6.35. The second kappa shape index (κ2) is 10.7. The molecule has 2 fully saturated rings. The third kappa shape index (κ3) is 4.69. The molecule has 7 rings (SSSR count). The molecule has 45 heavy (non-hydrogen) atoms. The highest BCUT2D eigenvalue weighted by Gasteiger charge is 2.59. The predicted octanol–water partition coefficient (Wildman–Crippen LogP) is 6.12. The van der Waals surface area contributed by atoms with Crippen molar-refractivity contribution in [2.24, 2.45) is 23.7 Å². The minimum absolute atomic E-state index is 0.0472. The van der Waals surface area contributed by atoms with E-state index in [0.29, 0.717) is 38.4 Å². The normalized spacial score (nSPS) is 21.4. The average Bonchev–Trinajstić information content (AvgIpc) is 3.73. The van der Waals surface area contributed by atoms with Crippen LogP contribution in [0.3, 0.4) is 0 Å². The molecule has 1 saturated heterocycles. The van der Waals surface area contributed by atoms with Crippen LogP contribution in [0.5, 0.6) is 0 Å². The van der Waals surface area contributed by atoms with E-state index in [1.165, 1.54) is 23.1 Å². The highest BCUT2D eigenvalue weighted by Crippen LogP contribution is 2.53. The molecular formula is C34H24ClN3O7. The van der Waals surface area contributed by atoms with Crippen molar-refractivity contribution in [2.45, 2.75) is 13.3 Å². The number of halogens is 1. The Bertz CT molecular complexity index is 1980. The number of ketones is 1. The van der Waals surface area contributed by atoms with Gasteiger partial charge in [0.2, 0.25) is 17.6 Å². The maximum Gasteiger partial charge on any atom is 0.339 e. The number of hydrogen-bond donors (Lipinski definition) is 0. The van der Waals surface area contributed by atoms with Gasteiger partial charge in [0, 0.05) is 28.1 Å². The van der Waals surface area contributed by atoms with Crippen molar-refractivity contribution in [3.8, 4) is 11.3 Å². The Kier molecular flexibility index (Phi) is 6.81. The molecule has 2 aliphatic carbocycles. The van der Waals surface area contributed by atoms with E-state index in [4.69, 9.17) is 16.3 Å². The van der Waals surface area contributed by atoms with Crippen LogP contribution in [0, 0.1) is 40.7 Å². The number of aryl methyl sites for hydroxylation is 1. The molecule has 3 aromatic carbocycles. The van der Waals surface area contributed by atoms with Gasteiger partial charge in [-0.3, -0.25) is 29.4 Å². The number of amides is 2. The largest absolute Gasteiger partial charge is 0.454 e. The Morgan fingerprint density at radius 3 is 2.36 bits per heavy atom.